The van der Waals surface area contributed by atoms with Crippen molar-refractivity contribution < 1.29 is 4.42 Å². The molecule has 0 fully saturated rings. The normalized spacial score (nSPS) is 11.3. The van der Waals surface area contributed by atoms with Crippen LogP contribution in [0.25, 0.3) is 22.1 Å². The van der Waals surface area contributed by atoms with E-state index in [4.69, 9.17) is 4.42 Å². The van der Waals surface area contributed by atoms with Crippen LogP contribution in [0.4, 0.5) is 0 Å². The van der Waals surface area contributed by atoms with Gasteiger partial charge in [0.1, 0.15) is 5.76 Å². The lowest BCUT2D eigenvalue weighted by molar-refractivity contribution is 0.530. The molecule has 0 radical (unpaired) electrons. The Bertz CT molecular complexity index is 1170. The summed E-state index contributed by atoms with van der Waals surface area (Å²) >= 11 is 0. The van der Waals surface area contributed by atoms with Crippen LogP contribution in [-0.4, -0.2) is 0 Å². The van der Waals surface area contributed by atoms with E-state index in [1.807, 2.05) is 61.5 Å². The van der Waals surface area contributed by atoms with Gasteiger partial charge in [0.15, 0.2) is 0 Å². The Morgan fingerprint density at radius 3 is 2.14 bits per heavy atom. The molecular formula is C26H22O2. The lowest BCUT2D eigenvalue weighted by atomic mass is 9.98. The molecule has 3 aromatic carbocycles. The van der Waals surface area contributed by atoms with Crippen LogP contribution in [0.5, 0.6) is 0 Å². The molecule has 0 bridgehead atoms. The lowest BCUT2D eigenvalue weighted by Gasteiger charge is -2.10. The first kappa shape index (κ1) is 18.0. The highest BCUT2D eigenvalue weighted by atomic mass is 16.4. The second kappa shape index (κ2) is 8.10. The fourth-order valence-corrected chi connectivity index (χ4v) is 3.43. The van der Waals surface area contributed by atoms with Gasteiger partial charge in [-0.3, -0.25) is 0 Å². The molecule has 4 aromatic rings. The molecule has 0 saturated carbocycles. The summed E-state index contributed by atoms with van der Waals surface area (Å²) in [5.41, 5.74) is 4.14. The second-order valence-electron chi connectivity index (χ2n) is 6.97. The Labute approximate surface area is 164 Å². The van der Waals surface area contributed by atoms with Crippen LogP contribution in [-0.2, 0) is 12.8 Å². The van der Waals surface area contributed by atoms with E-state index < -0.39 is 0 Å². The molecule has 2 nitrogen and oxygen atoms in total. The van der Waals surface area contributed by atoms with Crippen LogP contribution < -0.4 is 5.63 Å². The highest BCUT2D eigenvalue weighted by Crippen LogP contribution is 2.29. The van der Waals surface area contributed by atoms with Crippen molar-refractivity contribution in [3.05, 3.63) is 118 Å². The molecule has 1 heterocycles. The van der Waals surface area contributed by atoms with Gasteiger partial charge in [0, 0.05) is 11.1 Å². The first-order valence-electron chi connectivity index (χ1n) is 9.53. The fourth-order valence-electron chi connectivity index (χ4n) is 3.43. The summed E-state index contributed by atoms with van der Waals surface area (Å²) in [6, 6.07) is 26.2. The lowest BCUT2D eigenvalue weighted by Crippen LogP contribution is -2.04. The largest absolute Gasteiger partial charge is 0.422 e. The summed E-state index contributed by atoms with van der Waals surface area (Å²) in [6.07, 6.45) is 5.93. The van der Waals surface area contributed by atoms with E-state index in [0.29, 0.717) is 17.6 Å². The van der Waals surface area contributed by atoms with Gasteiger partial charge in [-0.15, -0.1) is 0 Å². The third-order valence-corrected chi connectivity index (χ3v) is 4.94. The van der Waals surface area contributed by atoms with Crippen molar-refractivity contribution >= 4 is 10.8 Å². The molecule has 0 unspecified atom stereocenters. The average molecular weight is 366 g/mol. The third-order valence-electron chi connectivity index (χ3n) is 4.94. The number of fused-ring (bicyclic) bond motifs is 1. The van der Waals surface area contributed by atoms with E-state index in [1.54, 1.807) is 0 Å². The highest BCUT2D eigenvalue weighted by Gasteiger charge is 2.14. The highest BCUT2D eigenvalue weighted by molar-refractivity contribution is 5.88. The molecule has 0 atom stereocenters. The van der Waals surface area contributed by atoms with Crippen LogP contribution in [0.1, 0.15) is 16.7 Å². The van der Waals surface area contributed by atoms with E-state index in [-0.39, 0.29) is 5.63 Å². The van der Waals surface area contributed by atoms with Crippen molar-refractivity contribution in [3.8, 4) is 11.3 Å². The maximum atomic E-state index is 12.5. The summed E-state index contributed by atoms with van der Waals surface area (Å²) in [4.78, 5) is 12.5. The Hall–Kier alpha value is -3.39. The molecule has 1 aromatic heterocycles. The molecule has 0 spiro atoms. The quantitative estimate of drug-likeness (QED) is 0.399. The minimum atomic E-state index is -0.289. The van der Waals surface area contributed by atoms with Crippen LogP contribution in [0, 0.1) is 6.92 Å². The van der Waals surface area contributed by atoms with Crippen molar-refractivity contribution in [2.75, 3.05) is 0 Å². The standard InChI is InChI=1S/C26H22O2/c1-19-15-17-21(18-16-19)25-23(13-6-5-11-20-9-3-2-4-10-20)22-12-7-8-14-24(22)26(27)28-25/h2-10,12,14-18H,11,13H2,1H3/b6-5+. The summed E-state index contributed by atoms with van der Waals surface area (Å²) in [5.74, 6) is 0.660. The number of allylic oxidation sites excluding steroid dienone is 2. The summed E-state index contributed by atoms with van der Waals surface area (Å²) in [6.45, 7) is 2.05. The van der Waals surface area contributed by atoms with E-state index in [0.717, 1.165) is 22.9 Å². The van der Waals surface area contributed by atoms with Gasteiger partial charge < -0.3 is 4.42 Å². The maximum Gasteiger partial charge on any atom is 0.344 e. The number of hydrogen-bond donors (Lipinski definition) is 0. The van der Waals surface area contributed by atoms with Crippen LogP contribution >= 0.6 is 0 Å². The smallest absolute Gasteiger partial charge is 0.344 e. The summed E-state index contributed by atoms with van der Waals surface area (Å²) in [5, 5.41) is 1.59. The molecule has 0 saturated heterocycles. The van der Waals surface area contributed by atoms with Gasteiger partial charge in [-0.1, -0.05) is 90.5 Å². The number of hydrogen-bond acceptors (Lipinski definition) is 2. The first-order valence-corrected chi connectivity index (χ1v) is 9.53. The molecule has 138 valence electrons. The van der Waals surface area contributed by atoms with Gasteiger partial charge in [0.25, 0.3) is 0 Å². The predicted octanol–water partition coefficient (Wildman–Crippen LogP) is 6.11. The Morgan fingerprint density at radius 2 is 1.39 bits per heavy atom. The van der Waals surface area contributed by atoms with Crippen LogP contribution in [0.15, 0.2) is 100 Å². The van der Waals surface area contributed by atoms with E-state index in [2.05, 4.69) is 36.4 Å². The SMILES string of the molecule is Cc1ccc(-c2oc(=O)c3ccccc3c2C/C=C/Cc2ccccc2)cc1. The molecule has 0 N–H and O–H groups in total. The Balaban J connectivity index is 1.74. The van der Waals surface area contributed by atoms with Crippen LogP contribution in [0.2, 0.25) is 0 Å². The maximum absolute atomic E-state index is 12.5. The van der Waals surface area contributed by atoms with Crippen molar-refractivity contribution in [1.82, 2.24) is 0 Å². The van der Waals surface area contributed by atoms with Crippen molar-refractivity contribution in [3.63, 3.8) is 0 Å². The third kappa shape index (κ3) is 3.81. The second-order valence-corrected chi connectivity index (χ2v) is 6.97. The van der Waals surface area contributed by atoms with Gasteiger partial charge in [0.2, 0.25) is 0 Å². The molecule has 0 aliphatic rings. The number of rotatable bonds is 5. The average Bonchev–Trinajstić information content (AvgIpc) is 2.74. The van der Waals surface area contributed by atoms with Crippen molar-refractivity contribution in [2.45, 2.75) is 19.8 Å². The predicted molar refractivity (Wildman–Crippen MR) is 116 cm³/mol. The van der Waals surface area contributed by atoms with Gasteiger partial charge >= 0.3 is 5.63 Å². The van der Waals surface area contributed by atoms with Crippen molar-refractivity contribution in [1.29, 1.82) is 0 Å². The van der Waals surface area contributed by atoms with E-state index in [1.165, 1.54) is 11.1 Å². The van der Waals surface area contributed by atoms with Gasteiger partial charge in [0.05, 0.1) is 5.39 Å². The summed E-state index contributed by atoms with van der Waals surface area (Å²) < 4.78 is 5.77. The Morgan fingerprint density at radius 1 is 0.750 bits per heavy atom. The molecular weight excluding hydrogens is 344 g/mol. The van der Waals surface area contributed by atoms with Gasteiger partial charge in [-0.05, 0) is 36.8 Å². The van der Waals surface area contributed by atoms with Gasteiger partial charge in [-0.25, -0.2) is 4.79 Å². The minimum Gasteiger partial charge on any atom is -0.422 e. The first-order chi connectivity index (χ1) is 13.7. The fraction of sp³-hybridized carbons (Fsp3) is 0.115. The van der Waals surface area contributed by atoms with E-state index in [9.17, 15) is 4.79 Å². The molecule has 28 heavy (non-hydrogen) atoms. The van der Waals surface area contributed by atoms with Crippen LogP contribution in [0.3, 0.4) is 0 Å². The van der Waals surface area contributed by atoms with E-state index >= 15 is 0 Å². The topological polar surface area (TPSA) is 30.2 Å². The molecule has 4 rings (SSSR count). The van der Waals surface area contributed by atoms with Gasteiger partial charge in [-0.2, -0.15) is 0 Å². The molecule has 2 heteroatoms. The minimum absolute atomic E-state index is 0.289. The molecule has 0 aliphatic carbocycles. The monoisotopic (exact) mass is 366 g/mol. The molecule has 0 amide bonds. The number of aryl methyl sites for hydroxylation is 1. The zero-order valence-corrected chi connectivity index (χ0v) is 15.9. The molecule has 0 aliphatic heterocycles. The van der Waals surface area contributed by atoms with Crippen molar-refractivity contribution in [2.24, 2.45) is 0 Å². The zero-order chi connectivity index (χ0) is 19.3. The number of benzene rings is 3. The Kier molecular flexibility index (Phi) is 5.20. The zero-order valence-electron chi connectivity index (χ0n) is 15.9. The summed E-state index contributed by atoms with van der Waals surface area (Å²) in [7, 11) is 0.